The minimum atomic E-state index is -0.335. The van der Waals surface area contributed by atoms with Crippen LogP contribution in [0.4, 0.5) is 0 Å². The number of carbonyl (C=O) groups excluding carboxylic acids is 3. The number of piperidine rings is 1. The third-order valence-corrected chi connectivity index (χ3v) is 4.48. The summed E-state index contributed by atoms with van der Waals surface area (Å²) in [6.45, 7) is 7.17. The van der Waals surface area contributed by atoms with Crippen LogP contribution in [0, 0.1) is 5.92 Å². The summed E-state index contributed by atoms with van der Waals surface area (Å²) in [5.41, 5.74) is 0.413. The molecule has 1 fully saturated rings. The number of hydrogen-bond donors (Lipinski definition) is 2. The zero-order valence-corrected chi connectivity index (χ0v) is 16.3. The minimum absolute atomic E-state index is 0.0517. The molecule has 3 amide bonds. The molecule has 1 aliphatic heterocycles. The van der Waals surface area contributed by atoms with E-state index in [0.29, 0.717) is 43.9 Å². The molecule has 1 saturated heterocycles. The standard InChI is InChI=1S/C20H29N3O4/c1-4-27-17-8-6-5-7-16(17)20(26)21-13-18(24)23-11-9-15(10-12-23)19(25)22-14(2)3/h5-8,14-15H,4,9-13H2,1-3H3,(H,21,26)(H,22,25). The van der Waals surface area contributed by atoms with Crippen molar-refractivity contribution >= 4 is 17.7 Å². The van der Waals surface area contributed by atoms with Gasteiger partial charge in [0.25, 0.3) is 5.91 Å². The molecular formula is C20H29N3O4. The molecule has 7 heteroatoms. The largest absolute Gasteiger partial charge is 0.493 e. The molecule has 1 aromatic rings. The van der Waals surface area contributed by atoms with Gasteiger partial charge in [0.1, 0.15) is 5.75 Å². The number of likely N-dealkylation sites (tertiary alicyclic amines) is 1. The van der Waals surface area contributed by atoms with Crippen LogP contribution in [-0.2, 0) is 9.59 Å². The second-order valence-corrected chi connectivity index (χ2v) is 6.93. The van der Waals surface area contributed by atoms with Gasteiger partial charge >= 0.3 is 0 Å². The third-order valence-electron chi connectivity index (χ3n) is 4.48. The number of carbonyl (C=O) groups is 3. The van der Waals surface area contributed by atoms with E-state index in [-0.39, 0.29) is 36.2 Å². The monoisotopic (exact) mass is 375 g/mol. The predicted molar refractivity (Wildman–Crippen MR) is 103 cm³/mol. The fourth-order valence-electron chi connectivity index (χ4n) is 3.09. The summed E-state index contributed by atoms with van der Waals surface area (Å²) in [5, 5.41) is 5.58. The number of ether oxygens (including phenoxy) is 1. The number of amides is 3. The van der Waals surface area contributed by atoms with Crippen LogP contribution in [0.15, 0.2) is 24.3 Å². The van der Waals surface area contributed by atoms with Gasteiger partial charge < -0.3 is 20.3 Å². The Kier molecular flexibility index (Phi) is 7.64. The molecule has 0 atom stereocenters. The van der Waals surface area contributed by atoms with Gasteiger partial charge in [-0.15, -0.1) is 0 Å². The highest BCUT2D eigenvalue weighted by molar-refractivity contribution is 5.98. The molecule has 1 aromatic carbocycles. The Bertz CT molecular complexity index is 667. The first-order valence-electron chi connectivity index (χ1n) is 9.50. The Balaban J connectivity index is 1.81. The molecule has 1 aliphatic rings. The van der Waals surface area contributed by atoms with Crippen molar-refractivity contribution in [3.05, 3.63) is 29.8 Å². The highest BCUT2D eigenvalue weighted by Gasteiger charge is 2.27. The maximum absolute atomic E-state index is 12.4. The van der Waals surface area contributed by atoms with Crippen molar-refractivity contribution in [2.75, 3.05) is 26.2 Å². The topological polar surface area (TPSA) is 87.7 Å². The highest BCUT2D eigenvalue weighted by atomic mass is 16.5. The van der Waals surface area contributed by atoms with Gasteiger partial charge in [-0.2, -0.15) is 0 Å². The highest BCUT2D eigenvalue weighted by Crippen LogP contribution is 2.19. The summed E-state index contributed by atoms with van der Waals surface area (Å²) in [4.78, 5) is 38.5. The van der Waals surface area contributed by atoms with E-state index in [9.17, 15) is 14.4 Å². The summed E-state index contributed by atoms with van der Waals surface area (Å²) >= 11 is 0. The van der Waals surface area contributed by atoms with Crippen LogP contribution in [0.5, 0.6) is 5.75 Å². The first kappa shape index (κ1) is 20.7. The van der Waals surface area contributed by atoms with E-state index >= 15 is 0 Å². The van der Waals surface area contributed by atoms with Crippen LogP contribution < -0.4 is 15.4 Å². The second-order valence-electron chi connectivity index (χ2n) is 6.93. The molecule has 0 aliphatic carbocycles. The Labute approximate surface area is 160 Å². The lowest BCUT2D eigenvalue weighted by atomic mass is 9.95. The van der Waals surface area contributed by atoms with Gasteiger partial charge in [-0.1, -0.05) is 12.1 Å². The predicted octanol–water partition coefficient (Wildman–Crippen LogP) is 1.58. The number of hydrogen-bond acceptors (Lipinski definition) is 4. The molecule has 0 spiro atoms. The van der Waals surface area contributed by atoms with E-state index < -0.39 is 0 Å². The fourth-order valence-corrected chi connectivity index (χ4v) is 3.09. The molecule has 0 saturated carbocycles. The molecule has 0 unspecified atom stereocenters. The maximum Gasteiger partial charge on any atom is 0.255 e. The van der Waals surface area contributed by atoms with E-state index in [1.165, 1.54) is 0 Å². The van der Waals surface area contributed by atoms with E-state index in [1.807, 2.05) is 20.8 Å². The average Bonchev–Trinajstić information content (AvgIpc) is 2.66. The van der Waals surface area contributed by atoms with Crippen molar-refractivity contribution in [1.29, 1.82) is 0 Å². The molecule has 7 nitrogen and oxygen atoms in total. The van der Waals surface area contributed by atoms with Crippen LogP contribution in [-0.4, -0.2) is 54.9 Å². The van der Waals surface area contributed by atoms with E-state index in [4.69, 9.17) is 4.74 Å². The fraction of sp³-hybridized carbons (Fsp3) is 0.550. The molecule has 1 heterocycles. The van der Waals surface area contributed by atoms with Gasteiger partial charge in [0.05, 0.1) is 18.7 Å². The van der Waals surface area contributed by atoms with Crippen LogP contribution in [0.3, 0.4) is 0 Å². The Morgan fingerprint density at radius 2 is 1.85 bits per heavy atom. The van der Waals surface area contributed by atoms with E-state index in [1.54, 1.807) is 29.2 Å². The Hall–Kier alpha value is -2.57. The molecular weight excluding hydrogens is 346 g/mol. The van der Waals surface area contributed by atoms with Crippen molar-refractivity contribution in [2.24, 2.45) is 5.92 Å². The minimum Gasteiger partial charge on any atom is -0.493 e. The first-order valence-corrected chi connectivity index (χ1v) is 9.50. The number of nitrogens with one attached hydrogen (secondary N) is 2. The zero-order valence-electron chi connectivity index (χ0n) is 16.3. The van der Waals surface area contributed by atoms with Gasteiger partial charge in [-0.25, -0.2) is 0 Å². The summed E-state index contributed by atoms with van der Waals surface area (Å²) in [7, 11) is 0. The van der Waals surface area contributed by atoms with Gasteiger partial charge in [-0.3, -0.25) is 14.4 Å². The molecule has 2 N–H and O–H groups in total. The van der Waals surface area contributed by atoms with Gasteiger partial charge in [0, 0.05) is 25.0 Å². The lowest BCUT2D eigenvalue weighted by Crippen LogP contribution is -2.47. The summed E-state index contributed by atoms with van der Waals surface area (Å²) in [6.07, 6.45) is 1.29. The summed E-state index contributed by atoms with van der Waals surface area (Å²) in [6, 6.07) is 7.07. The SMILES string of the molecule is CCOc1ccccc1C(=O)NCC(=O)N1CCC(C(=O)NC(C)C)CC1. The normalized spacial score (nSPS) is 14.7. The van der Waals surface area contributed by atoms with Crippen LogP contribution in [0.25, 0.3) is 0 Å². The van der Waals surface area contributed by atoms with E-state index in [2.05, 4.69) is 10.6 Å². The number of rotatable bonds is 7. The number of nitrogens with zero attached hydrogens (tertiary/aromatic N) is 1. The Morgan fingerprint density at radius 1 is 1.19 bits per heavy atom. The van der Waals surface area contributed by atoms with Crippen molar-refractivity contribution in [3.8, 4) is 5.75 Å². The molecule has 148 valence electrons. The van der Waals surface area contributed by atoms with Crippen LogP contribution in [0.2, 0.25) is 0 Å². The van der Waals surface area contributed by atoms with Crippen molar-refractivity contribution in [2.45, 2.75) is 39.7 Å². The number of para-hydroxylation sites is 1. The quantitative estimate of drug-likeness (QED) is 0.757. The lowest BCUT2D eigenvalue weighted by molar-refractivity contribution is -0.135. The third kappa shape index (κ3) is 5.98. The van der Waals surface area contributed by atoms with Gasteiger partial charge in [0.15, 0.2) is 0 Å². The van der Waals surface area contributed by atoms with Gasteiger partial charge in [0.2, 0.25) is 11.8 Å². The van der Waals surface area contributed by atoms with Crippen molar-refractivity contribution in [1.82, 2.24) is 15.5 Å². The smallest absolute Gasteiger partial charge is 0.255 e. The lowest BCUT2D eigenvalue weighted by Gasteiger charge is -2.31. The summed E-state index contributed by atoms with van der Waals surface area (Å²) in [5.74, 6) is 0.0301. The molecule has 27 heavy (non-hydrogen) atoms. The zero-order chi connectivity index (χ0) is 19.8. The maximum atomic E-state index is 12.4. The van der Waals surface area contributed by atoms with Gasteiger partial charge in [-0.05, 0) is 45.7 Å². The van der Waals surface area contributed by atoms with Crippen LogP contribution >= 0.6 is 0 Å². The molecule has 2 rings (SSSR count). The first-order chi connectivity index (χ1) is 12.9. The Morgan fingerprint density at radius 3 is 2.48 bits per heavy atom. The molecule has 0 bridgehead atoms. The van der Waals surface area contributed by atoms with Crippen LogP contribution in [0.1, 0.15) is 44.0 Å². The molecule has 0 aromatic heterocycles. The number of benzene rings is 1. The summed E-state index contributed by atoms with van der Waals surface area (Å²) < 4.78 is 5.45. The van der Waals surface area contributed by atoms with Crippen molar-refractivity contribution < 1.29 is 19.1 Å². The second kappa shape index (κ2) is 9.94. The van der Waals surface area contributed by atoms with Crippen molar-refractivity contribution in [3.63, 3.8) is 0 Å². The average molecular weight is 375 g/mol. The van der Waals surface area contributed by atoms with E-state index in [0.717, 1.165) is 0 Å². The molecule has 0 radical (unpaired) electrons.